The highest BCUT2D eigenvalue weighted by Crippen LogP contribution is 2.20. The van der Waals surface area contributed by atoms with Gasteiger partial charge in [-0.3, -0.25) is 9.59 Å². The smallest absolute Gasteiger partial charge is 0.305 e. The Balaban J connectivity index is 3.34. The number of rotatable bonds is 77. The van der Waals surface area contributed by atoms with Gasteiger partial charge < -0.3 is 20.3 Å². The summed E-state index contributed by atoms with van der Waals surface area (Å²) in [5.41, 5.74) is 0. The number of amides is 1. The van der Waals surface area contributed by atoms with Crippen LogP contribution in [0.15, 0.2) is 12.2 Å². The lowest BCUT2D eigenvalue weighted by Crippen LogP contribution is -2.45. The van der Waals surface area contributed by atoms with E-state index in [0.29, 0.717) is 25.9 Å². The summed E-state index contributed by atoms with van der Waals surface area (Å²) in [6, 6.07) is -0.539. The van der Waals surface area contributed by atoms with E-state index in [1.54, 1.807) is 0 Å². The molecule has 0 aromatic heterocycles. The predicted octanol–water partition coefficient (Wildman–Crippen LogP) is 26.7. The summed E-state index contributed by atoms with van der Waals surface area (Å²) < 4.78 is 5.49. The number of nitrogens with one attached hydrogen (secondary N) is 1. The van der Waals surface area contributed by atoms with Crippen LogP contribution in [0, 0.1) is 0 Å². The maximum atomic E-state index is 12.6. The topological polar surface area (TPSA) is 95.9 Å². The molecule has 0 aliphatic carbocycles. The minimum atomic E-state index is -0.663. The van der Waals surface area contributed by atoms with Crippen molar-refractivity contribution in [2.75, 3.05) is 13.2 Å². The van der Waals surface area contributed by atoms with Gasteiger partial charge in [0.1, 0.15) is 0 Å². The summed E-state index contributed by atoms with van der Waals surface area (Å²) >= 11 is 0. The second-order valence-electron chi connectivity index (χ2n) is 28.1. The van der Waals surface area contributed by atoms with Crippen LogP contribution in [0.25, 0.3) is 0 Å². The van der Waals surface area contributed by atoms with E-state index in [9.17, 15) is 19.8 Å². The number of esters is 1. The van der Waals surface area contributed by atoms with Crippen molar-refractivity contribution in [1.29, 1.82) is 0 Å². The average molecular weight is 1230 g/mol. The molecule has 2 unspecified atom stereocenters. The molecule has 0 spiro atoms. The fourth-order valence-corrected chi connectivity index (χ4v) is 13.2. The molecule has 87 heavy (non-hydrogen) atoms. The molecule has 0 rings (SSSR count). The van der Waals surface area contributed by atoms with Crippen molar-refractivity contribution in [3.8, 4) is 0 Å². The zero-order chi connectivity index (χ0) is 62.8. The van der Waals surface area contributed by atoms with Crippen LogP contribution in [0.2, 0.25) is 0 Å². The van der Waals surface area contributed by atoms with Gasteiger partial charge in [0.25, 0.3) is 0 Å². The maximum Gasteiger partial charge on any atom is 0.305 e. The van der Waals surface area contributed by atoms with Crippen molar-refractivity contribution in [3.05, 3.63) is 12.2 Å². The molecule has 2 atom stereocenters. The summed E-state index contributed by atoms with van der Waals surface area (Å²) in [4.78, 5) is 24.6. The Labute approximate surface area is 546 Å². The molecule has 0 bridgehead atoms. The molecule has 518 valence electrons. The molecule has 0 radical (unpaired) electrons. The van der Waals surface area contributed by atoms with Crippen molar-refractivity contribution in [3.63, 3.8) is 0 Å². The number of carbonyl (C=O) groups is 2. The Morgan fingerprint density at radius 3 is 0.816 bits per heavy atom. The largest absolute Gasteiger partial charge is 0.466 e. The molecule has 0 heterocycles. The van der Waals surface area contributed by atoms with E-state index >= 15 is 0 Å². The molecule has 1 amide bonds. The summed E-state index contributed by atoms with van der Waals surface area (Å²) in [5, 5.41) is 23.5. The van der Waals surface area contributed by atoms with Crippen LogP contribution >= 0.6 is 0 Å². The van der Waals surface area contributed by atoms with Gasteiger partial charge in [0.2, 0.25) is 5.91 Å². The van der Waals surface area contributed by atoms with E-state index in [0.717, 1.165) is 38.5 Å². The van der Waals surface area contributed by atoms with Crippen LogP contribution in [0.5, 0.6) is 0 Å². The summed E-state index contributed by atoms with van der Waals surface area (Å²) in [6.45, 7) is 5.01. The van der Waals surface area contributed by atoms with Crippen molar-refractivity contribution >= 4 is 11.9 Å². The lowest BCUT2D eigenvalue weighted by Gasteiger charge is -2.22. The summed E-state index contributed by atoms with van der Waals surface area (Å²) in [6.07, 6.45) is 97.4. The van der Waals surface area contributed by atoms with Crippen molar-refractivity contribution in [1.82, 2.24) is 5.32 Å². The molecule has 0 aromatic rings. The van der Waals surface area contributed by atoms with Crippen LogP contribution in [0.4, 0.5) is 0 Å². The Kier molecular flexibility index (Phi) is 75.8. The molecule has 6 heteroatoms. The van der Waals surface area contributed by atoms with Gasteiger partial charge >= 0.3 is 5.97 Å². The van der Waals surface area contributed by atoms with Crippen LogP contribution < -0.4 is 5.32 Å². The van der Waals surface area contributed by atoms with Gasteiger partial charge in [-0.25, -0.2) is 0 Å². The first-order valence-corrected chi connectivity index (χ1v) is 40.4. The van der Waals surface area contributed by atoms with Gasteiger partial charge in [0.15, 0.2) is 0 Å². The molecule has 0 aliphatic rings. The molecule has 3 N–H and O–H groups in total. The first kappa shape index (κ1) is 85.6. The normalized spacial score (nSPS) is 12.5. The second-order valence-corrected chi connectivity index (χ2v) is 28.1. The maximum absolute atomic E-state index is 12.6. The number of ether oxygens (including phenoxy) is 1. The number of unbranched alkanes of at least 4 members (excludes halogenated alkanes) is 64. The number of hydrogen-bond donors (Lipinski definition) is 3. The van der Waals surface area contributed by atoms with Crippen LogP contribution in [-0.2, 0) is 14.3 Å². The Morgan fingerprint density at radius 2 is 0.540 bits per heavy atom. The standard InChI is InChI=1S/C81H159NO5/c1-3-5-7-9-11-13-15-17-18-19-20-21-35-38-41-44-47-50-53-57-61-65-69-73-79(84)78(77-83)82-80(85)74-70-66-62-58-54-51-48-45-42-39-36-33-31-29-27-25-23-22-24-26-28-30-32-34-37-40-43-46-49-52-56-60-64-68-72-76-87-81(86)75-71-67-63-59-55-16-14-12-10-8-6-4-2/h24,26,78-79,83-84H,3-23,25,27-77H2,1-2H3,(H,82,85)/b26-24-. The van der Waals surface area contributed by atoms with E-state index in [1.807, 2.05) is 0 Å². The lowest BCUT2D eigenvalue weighted by atomic mass is 10.0. The molecular formula is C81H159NO5. The van der Waals surface area contributed by atoms with Gasteiger partial charge in [0.05, 0.1) is 25.4 Å². The molecule has 0 aliphatic heterocycles. The zero-order valence-electron chi connectivity index (χ0n) is 59.5. The molecular weight excluding hydrogens is 1070 g/mol. The number of aliphatic hydroxyl groups is 2. The minimum Gasteiger partial charge on any atom is -0.466 e. The quantitative estimate of drug-likeness (QED) is 0.0320. The first-order valence-electron chi connectivity index (χ1n) is 40.4. The third-order valence-electron chi connectivity index (χ3n) is 19.3. The second kappa shape index (κ2) is 77.1. The molecule has 0 fully saturated rings. The van der Waals surface area contributed by atoms with E-state index in [2.05, 4.69) is 31.3 Å². The van der Waals surface area contributed by atoms with Crippen LogP contribution in [0.1, 0.15) is 470 Å². The third-order valence-corrected chi connectivity index (χ3v) is 19.3. The SMILES string of the molecule is CCCCCCCCCCCCCCCCCCCCCCCCCC(O)C(CO)NC(=O)CCCCCCCCCCCCCCCCCCC/C=C\CCCCCCCCCCCCCCCCOC(=O)CCCCCCCCCCCCCC. The van der Waals surface area contributed by atoms with E-state index in [-0.39, 0.29) is 18.5 Å². The average Bonchev–Trinajstić information content (AvgIpc) is 3.53. The monoisotopic (exact) mass is 1230 g/mol. The van der Waals surface area contributed by atoms with Gasteiger partial charge in [-0.05, 0) is 51.4 Å². The van der Waals surface area contributed by atoms with Crippen LogP contribution in [0.3, 0.4) is 0 Å². The number of hydrogen-bond acceptors (Lipinski definition) is 5. The van der Waals surface area contributed by atoms with Gasteiger partial charge in [0, 0.05) is 12.8 Å². The number of carbonyl (C=O) groups excluding carboxylic acids is 2. The van der Waals surface area contributed by atoms with Crippen LogP contribution in [-0.4, -0.2) is 47.4 Å². The fraction of sp³-hybridized carbons (Fsp3) is 0.951. The molecule has 0 aromatic carbocycles. The van der Waals surface area contributed by atoms with Crippen molar-refractivity contribution in [2.45, 2.75) is 482 Å². The van der Waals surface area contributed by atoms with E-state index < -0.39 is 12.1 Å². The highest BCUT2D eigenvalue weighted by Gasteiger charge is 2.20. The summed E-state index contributed by atoms with van der Waals surface area (Å²) in [7, 11) is 0. The highest BCUT2D eigenvalue weighted by atomic mass is 16.5. The zero-order valence-corrected chi connectivity index (χ0v) is 59.5. The van der Waals surface area contributed by atoms with Gasteiger partial charge in [-0.15, -0.1) is 0 Å². The minimum absolute atomic E-state index is 0.0221. The lowest BCUT2D eigenvalue weighted by molar-refractivity contribution is -0.143. The van der Waals surface area contributed by atoms with E-state index in [4.69, 9.17) is 4.74 Å². The van der Waals surface area contributed by atoms with Gasteiger partial charge in [-0.2, -0.15) is 0 Å². The van der Waals surface area contributed by atoms with Crippen molar-refractivity contribution in [2.24, 2.45) is 0 Å². The Bertz CT molecular complexity index is 1320. The highest BCUT2D eigenvalue weighted by molar-refractivity contribution is 5.76. The van der Waals surface area contributed by atoms with Crippen molar-refractivity contribution < 1.29 is 24.5 Å². The third kappa shape index (κ3) is 73.5. The Morgan fingerprint density at radius 1 is 0.310 bits per heavy atom. The fourth-order valence-electron chi connectivity index (χ4n) is 13.2. The Hall–Kier alpha value is -1.40. The molecule has 0 saturated heterocycles. The number of aliphatic hydroxyl groups excluding tert-OH is 2. The number of allylic oxidation sites excluding steroid dienone is 2. The molecule has 0 saturated carbocycles. The van der Waals surface area contributed by atoms with Gasteiger partial charge in [-0.1, -0.05) is 418 Å². The predicted molar refractivity (Wildman–Crippen MR) is 384 cm³/mol. The van der Waals surface area contributed by atoms with E-state index in [1.165, 1.54) is 398 Å². The molecule has 6 nitrogen and oxygen atoms in total. The summed E-state index contributed by atoms with van der Waals surface area (Å²) in [5.74, 6) is -0.00314. The first-order chi connectivity index (χ1) is 43.0.